The zero-order chi connectivity index (χ0) is 20.8. The minimum Gasteiger partial charge on any atom is -0.306 e. The Morgan fingerprint density at radius 3 is 2.72 bits per heavy atom. The molecule has 4 aromatic rings. The monoisotopic (exact) mass is 462 g/mol. The van der Waals surface area contributed by atoms with Gasteiger partial charge in [0.25, 0.3) is 0 Å². The number of aromatic nitrogens is 3. The van der Waals surface area contributed by atoms with Gasteiger partial charge in [-0.05, 0) is 64.9 Å². The van der Waals surface area contributed by atoms with E-state index in [0.29, 0.717) is 12.5 Å². The van der Waals surface area contributed by atoms with E-state index in [1.165, 1.54) is 27.5 Å². The highest BCUT2D eigenvalue weighted by Gasteiger charge is 2.27. The maximum absolute atomic E-state index is 6.26. The molecule has 1 unspecified atom stereocenters. The Bertz CT molecular complexity index is 1320. The first-order valence-electron chi connectivity index (χ1n) is 10.9. The summed E-state index contributed by atoms with van der Waals surface area (Å²) in [5.41, 5.74) is 5.14. The van der Waals surface area contributed by atoms with E-state index in [1.807, 2.05) is 12.1 Å². The van der Waals surface area contributed by atoms with Gasteiger partial charge in [-0.25, -0.2) is 0 Å². The zero-order valence-corrected chi connectivity index (χ0v) is 19.2. The van der Waals surface area contributed by atoms with E-state index in [4.69, 9.17) is 11.6 Å². The van der Waals surface area contributed by atoms with Gasteiger partial charge in [0, 0.05) is 17.5 Å². The summed E-state index contributed by atoms with van der Waals surface area (Å²) in [6, 6.07) is 21.4. The average Bonchev–Trinajstić information content (AvgIpc) is 3.14. The summed E-state index contributed by atoms with van der Waals surface area (Å²) in [5, 5.41) is 16.0. The molecular weight excluding hydrogens is 439 g/mol. The summed E-state index contributed by atoms with van der Waals surface area (Å²) in [6.45, 7) is 1.50. The second-order valence-corrected chi connectivity index (χ2v) is 8.85. The maximum atomic E-state index is 6.26. The van der Waals surface area contributed by atoms with Gasteiger partial charge in [0.1, 0.15) is 5.82 Å². The van der Waals surface area contributed by atoms with Crippen LogP contribution < -0.4 is 5.32 Å². The van der Waals surface area contributed by atoms with Crippen molar-refractivity contribution in [2.75, 3.05) is 0 Å². The molecular formula is C26H24Cl2N4. The Labute approximate surface area is 198 Å². The van der Waals surface area contributed by atoms with E-state index in [9.17, 15) is 0 Å². The minimum absolute atomic E-state index is 0. The van der Waals surface area contributed by atoms with Crippen LogP contribution in [0.4, 0.5) is 0 Å². The quantitative estimate of drug-likeness (QED) is 0.372. The molecule has 0 amide bonds. The normalized spacial score (nSPS) is 17.7. The Morgan fingerprint density at radius 1 is 0.969 bits per heavy atom. The van der Waals surface area contributed by atoms with Crippen molar-refractivity contribution < 1.29 is 0 Å². The van der Waals surface area contributed by atoms with Gasteiger partial charge in [0.2, 0.25) is 0 Å². The van der Waals surface area contributed by atoms with E-state index in [1.54, 1.807) is 0 Å². The Morgan fingerprint density at radius 2 is 1.84 bits per heavy atom. The molecule has 1 aliphatic heterocycles. The lowest BCUT2D eigenvalue weighted by Gasteiger charge is -2.23. The van der Waals surface area contributed by atoms with E-state index in [2.05, 4.69) is 74.7 Å². The molecule has 0 fully saturated rings. The van der Waals surface area contributed by atoms with Gasteiger partial charge in [0.05, 0.1) is 12.2 Å². The molecule has 1 N–H and O–H groups in total. The van der Waals surface area contributed by atoms with E-state index < -0.39 is 0 Å². The number of rotatable bonds is 2. The smallest absolute Gasteiger partial charge is 0.151 e. The van der Waals surface area contributed by atoms with Crippen molar-refractivity contribution in [2.24, 2.45) is 0 Å². The molecule has 0 bridgehead atoms. The van der Waals surface area contributed by atoms with Crippen LogP contribution in [0.15, 0.2) is 66.7 Å². The van der Waals surface area contributed by atoms with Gasteiger partial charge in [-0.15, -0.1) is 22.6 Å². The summed E-state index contributed by atoms with van der Waals surface area (Å²) >= 11 is 6.26. The van der Waals surface area contributed by atoms with Crippen LogP contribution in [0, 0.1) is 0 Å². The third-order valence-electron chi connectivity index (χ3n) is 6.55. The Hall–Kier alpha value is -2.66. The van der Waals surface area contributed by atoms with Crippen molar-refractivity contribution in [2.45, 2.75) is 38.3 Å². The van der Waals surface area contributed by atoms with Crippen LogP contribution in [0.1, 0.15) is 48.0 Å². The lowest BCUT2D eigenvalue weighted by Crippen LogP contribution is -2.13. The van der Waals surface area contributed by atoms with E-state index in [-0.39, 0.29) is 12.4 Å². The van der Waals surface area contributed by atoms with Gasteiger partial charge in [0.15, 0.2) is 5.82 Å². The summed E-state index contributed by atoms with van der Waals surface area (Å²) in [4.78, 5) is 0. The first kappa shape index (κ1) is 21.2. The van der Waals surface area contributed by atoms with Gasteiger partial charge in [-0.3, -0.25) is 4.57 Å². The summed E-state index contributed by atoms with van der Waals surface area (Å²) in [6.07, 6.45) is 5.51. The predicted molar refractivity (Wildman–Crippen MR) is 133 cm³/mol. The molecule has 0 saturated heterocycles. The number of nitrogens with one attached hydrogen (secondary N) is 1. The van der Waals surface area contributed by atoms with Crippen LogP contribution >= 0.6 is 24.0 Å². The summed E-state index contributed by atoms with van der Waals surface area (Å²) in [5.74, 6) is 2.40. The molecule has 6 heteroatoms. The highest BCUT2D eigenvalue weighted by molar-refractivity contribution is 6.30. The van der Waals surface area contributed by atoms with Crippen LogP contribution in [0.2, 0.25) is 5.02 Å². The van der Waals surface area contributed by atoms with Gasteiger partial charge in [-0.2, -0.15) is 0 Å². The Balaban J connectivity index is 0.00000216. The minimum atomic E-state index is 0. The van der Waals surface area contributed by atoms with Crippen molar-refractivity contribution in [1.82, 2.24) is 20.1 Å². The van der Waals surface area contributed by atoms with Crippen LogP contribution in [-0.4, -0.2) is 14.8 Å². The van der Waals surface area contributed by atoms with Crippen molar-refractivity contribution in [3.05, 3.63) is 94.5 Å². The Kier molecular flexibility index (Phi) is 5.76. The van der Waals surface area contributed by atoms with Crippen LogP contribution in [0.3, 0.4) is 0 Å². The predicted octanol–water partition coefficient (Wildman–Crippen LogP) is 6.45. The SMILES string of the molecule is Cl.Clc1ccc2c(c1)CNCc1nnc(C3CC=C(c4cccc5ccccc45)CC3)n1-2. The van der Waals surface area contributed by atoms with Gasteiger partial charge < -0.3 is 5.32 Å². The summed E-state index contributed by atoms with van der Waals surface area (Å²) < 4.78 is 2.26. The fourth-order valence-electron chi connectivity index (χ4n) is 5.01. The number of hydrogen-bond donors (Lipinski definition) is 1. The molecule has 1 aliphatic carbocycles. The molecule has 0 saturated carbocycles. The second kappa shape index (κ2) is 8.70. The molecule has 6 rings (SSSR count). The topological polar surface area (TPSA) is 42.7 Å². The molecule has 0 spiro atoms. The van der Waals surface area contributed by atoms with Crippen molar-refractivity contribution >= 4 is 40.4 Å². The molecule has 2 heterocycles. The van der Waals surface area contributed by atoms with Crippen LogP contribution in [0.5, 0.6) is 0 Å². The van der Waals surface area contributed by atoms with Crippen molar-refractivity contribution in [3.8, 4) is 5.69 Å². The third kappa shape index (κ3) is 3.62. The molecule has 32 heavy (non-hydrogen) atoms. The fraction of sp³-hybridized carbons (Fsp3) is 0.231. The lowest BCUT2D eigenvalue weighted by atomic mass is 9.84. The number of hydrogen-bond acceptors (Lipinski definition) is 3. The number of allylic oxidation sites excluding steroid dienone is 2. The molecule has 162 valence electrons. The lowest BCUT2D eigenvalue weighted by molar-refractivity contribution is 0.576. The molecule has 3 aromatic carbocycles. The van der Waals surface area contributed by atoms with Crippen molar-refractivity contribution in [3.63, 3.8) is 0 Å². The zero-order valence-electron chi connectivity index (χ0n) is 17.6. The van der Waals surface area contributed by atoms with Gasteiger partial charge >= 0.3 is 0 Å². The van der Waals surface area contributed by atoms with E-state index in [0.717, 1.165) is 48.2 Å². The first-order valence-corrected chi connectivity index (χ1v) is 11.3. The van der Waals surface area contributed by atoms with Crippen LogP contribution in [-0.2, 0) is 13.1 Å². The second-order valence-electron chi connectivity index (χ2n) is 8.41. The van der Waals surface area contributed by atoms with Gasteiger partial charge in [-0.1, -0.05) is 60.1 Å². The molecule has 0 radical (unpaired) electrons. The third-order valence-corrected chi connectivity index (χ3v) is 6.78. The number of benzene rings is 3. The fourth-order valence-corrected chi connectivity index (χ4v) is 5.21. The highest BCUT2D eigenvalue weighted by Crippen LogP contribution is 2.39. The maximum Gasteiger partial charge on any atom is 0.151 e. The average molecular weight is 463 g/mol. The van der Waals surface area contributed by atoms with E-state index >= 15 is 0 Å². The highest BCUT2D eigenvalue weighted by atomic mass is 35.5. The van der Waals surface area contributed by atoms with Crippen molar-refractivity contribution in [1.29, 1.82) is 0 Å². The number of nitrogens with zero attached hydrogens (tertiary/aromatic N) is 3. The molecule has 1 atom stereocenters. The summed E-state index contributed by atoms with van der Waals surface area (Å²) in [7, 11) is 0. The molecule has 2 aliphatic rings. The molecule has 1 aromatic heterocycles. The largest absolute Gasteiger partial charge is 0.306 e. The standard InChI is InChI=1S/C26H23ClN4.ClH/c27-21-12-13-24-20(14-21)15-28-16-25-29-30-26(31(24)25)19-10-8-18(9-11-19)23-7-3-5-17-4-1-2-6-22(17)23;/h1-8,12-14,19,28H,9-11,15-16H2;1H. The van der Waals surface area contributed by atoms with Crippen LogP contribution in [0.25, 0.3) is 22.0 Å². The number of halogens is 2. The molecule has 4 nitrogen and oxygen atoms in total. The first-order chi connectivity index (χ1) is 15.3. The number of fused-ring (bicyclic) bond motifs is 4.